The summed E-state index contributed by atoms with van der Waals surface area (Å²) < 4.78 is 5.62. The molecule has 1 aliphatic heterocycles. The third-order valence-corrected chi connectivity index (χ3v) is 3.59. The highest BCUT2D eigenvalue weighted by Gasteiger charge is 2.15. The van der Waals surface area contributed by atoms with Crippen molar-refractivity contribution in [2.24, 2.45) is 5.73 Å². The van der Waals surface area contributed by atoms with Gasteiger partial charge in [0, 0.05) is 12.6 Å². The van der Waals surface area contributed by atoms with Crippen LogP contribution in [0.15, 0.2) is 11.6 Å². The molecule has 0 aromatic rings. The molecule has 1 fully saturated rings. The van der Waals surface area contributed by atoms with Crippen molar-refractivity contribution in [2.45, 2.75) is 63.5 Å². The first-order valence-electron chi connectivity index (χ1n) is 6.39. The second kappa shape index (κ2) is 5.66. The topological polar surface area (TPSA) is 35.2 Å². The van der Waals surface area contributed by atoms with Crippen LogP contribution < -0.4 is 5.73 Å². The van der Waals surface area contributed by atoms with Gasteiger partial charge in [0.05, 0.1) is 6.10 Å². The molecule has 0 aromatic heterocycles. The van der Waals surface area contributed by atoms with E-state index in [1.807, 2.05) is 0 Å². The molecule has 0 amide bonds. The fraction of sp³-hybridized carbons (Fsp3) is 0.846. The molecule has 2 N–H and O–H groups in total. The van der Waals surface area contributed by atoms with Gasteiger partial charge >= 0.3 is 0 Å². The van der Waals surface area contributed by atoms with Gasteiger partial charge in [-0.05, 0) is 51.4 Å². The summed E-state index contributed by atoms with van der Waals surface area (Å²) in [5, 5.41) is 0. The second-order valence-electron chi connectivity index (χ2n) is 4.92. The van der Waals surface area contributed by atoms with Crippen molar-refractivity contribution in [1.29, 1.82) is 0 Å². The molecule has 86 valence electrons. The van der Waals surface area contributed by atoms with Gasteiger partial charge in [-0.1, -0.05) is 11.6 Å². The van der Waals surface area contributed by atoms with E-state index in [1.54, 1.807) is 5.57 Å². The lowest BCUT2D eigenvalue weighted by molar-refractivity contribution is 0.102. The van der Waals surface area contributed by atoms with Crippen LogP contribution in [0, 0.1) is 0 Å². The van der Waals surface area contributed by atoms with Crippen LogP contribution in [0.5, 0.6) is 0 Å². The fourth-order valence-corrected chi connectivity index (χ4v) is 2.56. The second-order valence-corrected chi connectivity index (χ2v) is 4.92. The quantitative estimate of drug-likeness (QED) is 0.723. The standard InChI is InChI=1S/C13H23NO/c14-12-8-6-11(7-9-12)3-1-4-13-5-2-10-15-13/h6,12-13H,1-5,7-10,14H2. The zero-order chi connectivity index (χ0) is 10.5. The first-order chi connectivity index (χ1) is 7.34. The molecule has 0 spiro atoms. The first kappa shape index (κ1) is 11.2. The van der Waals surface area contributed by atoms with E-state index in [0.717, 1.165) is 13.0 Å². The number of nitrogens with two attached hydrogens (primary N) is 1. The van der Waals surface area contributed by atoms with Crippen molar-refractivity contribution in [2.75, 3.05) is 6.61 Å². The largest absolute Gasteiger partial charge is 0.378 e. The third kappa shape index (κ3) is 3.62. The Morgan fingerprint density at radius 3 is 3.00 bits per heavy atom. The molecule has 1 heterocycles. The minimum absolute atomic E-state index is 0.423. The molecule has 0 aromatic carbocycles. The van der Waals surface area contributed by atoms with Crippen molar-refractivity contribution < 1.29 is 4.74 Å². The molecule has 2 heteroatoms. The highest BCUT2D eigenvalue weighted by Crippen LogP contribution is 2.24. The van der Waals surface area contributed by atoms with E-state index >= 15 is 0 Å². The summed E-state index contributed by atoms with van der Waals surface area (Å²) in [7, 11) is 0. The maximum Gasteiger partial charge on any atom is 0.0576 e. The number of allylic oxidation sites excluding steroid dienone is 1. The predicted molar refractivity (Wildman–Crippen MR) is 62.7 cm³/mol. The molecule has 15 heavy (non-hydrogen) atoms. The van der Waals surface area contributed by atoms with E-state index in [4.69, 9.17) is 10.5 Å². The van der Waals surface area contributed by atoms with Gasteiger partial charge in [-0.3, -0.25) is 0 Å². The molecule has 2 rings (SSSR count). The van der Waals surface area contributed by atoms with Gasteiger partial charge in [0.2, 0.25) is 0 Å². The summed E-state index contributed by atoms with van der Waals surface area (Å²) in [5.74, 6) is 0. The highest BCUT2D eigenvalue weighted by molar-refractivity contribution is 5.07. The molecule has 1 saturated heterocycles. The Balaban J connectivity index is 1.61. The molecule has 0 radical (unpaired) electrons. The zero-order valence-corrected chi connectivity index (χ0v) is 9.58. The minimum atomic E-state index is 0.423. The summed E-state index contributed by atoms with van der Waals surface area (Å²) in [6, 6.07) is 0.423. The normalized spacial score (nSPS) is 31.7. The van der Waals surface area contributed by atoms with Crippen molar-refractivity contribution in [3.63, 3.8) is 0 Å². The molecular formula is C13H23NO. The van der Waals surface area contributed by atoms with Gasteiger partial charge in [0.15, 0.2) is 0 Å². The smallest absolute Gasteiger partial charge is 0.0576 e. The van der Waals surface area contributed by atoms with E-state index in [9.17, 15) is 0 Å². The van der Waals surface area contributed by atoms with E-state index in [0.29, 0.717) is 12.1 Å². The maximum atomic E-state index is 5.86. The predicted octanol–water partition coefficient (Wildman–Crippen LogP) is 2.77. The average molecular weight is 209 g/mol. The van der Waals surface area contributed by atoms with Gasteiger partial charge in [0.1, 0.15) is 0 Å². The van der Waals surface area contributed by atoms with Crippen molar-refractivity contribution in [3.05, 3.63) is 11.6 Å². The zero-order valence-electron chi connectivity index (χ0n) is 9.58. The van der Waals surface area contributed by atoms with E-state index in [1.165, 1.54) is 44.9 Å². The highest BCUT2D eigenvalue weighted by atomic mass is 16.5. The Bertz CT molecular complexity index is 219. The molecule has 2 atom stereocenters. The van der Waals surface area contributed by atoms with Crippen molar-refractivity contribution >= 4 is 0 Å². The Hall–Kier alpha value is -0.340. The van der Waals surface area contributed by atoms with Crippen molar-refractivity contribution in [3.8, 4) is 0 Å². The summed E-state index contributed by atoms with van der Waals surface area (Å²) in [6.45, 7) is 0.988. The first-order valence-corrected chi connectivity index (χ1v) is 6.39. The third-order valence-electron chi connectivity index (χ3n) is 3.59. The number of hydrogen-bond donors (Lipinski definition) is 1. The Labute approximate surface area is 92.9 Å². The summed E-state index contributed by atoms with van der Waals surface area (Å²) in [6.07, 6.45) is 12.8. The molecule has 2 unspecified atom stereocenters. The maximum absolute atomic E-state index is 5.86. The van der Waals surface area contributed by atoms with Crippen LogP contribution in [0.1, 0.15) is 51.4 Å². The van der Waals surface area contributed by atoms with Crippen LogP contribution in [-0.2, 0) is 4.74 Å². The van der Waals surface area contributed by atoms with Gasteiger partial charge < -0.3 is 10.5 Å². The van der Waals surface area contributed by atoms with Crippen LogP contribution in [-0.4, -0.2) is 18.8 Å². The van der Waals surface area contributed by atoms with Gasteiger partial charge in [-0.15, -0.1) is 0 Å². The lowest BCUT2D eigenvalue weighted by Gasteiger charge is -2.18. The fourth-order valence-electron chi connectivity index (χ4n) is 2.56. The van der Waals surface area contributed by atoms with Gasteiger partial charge in [-0.2, -0.15) is 0 Å². The number of hydrogen-bond acceptors (Lipinski definition) is 2. The van der Waals surface area contributed by atoms with Crippen LogP contribution >= 0.6 is 0 Å². The number of ether oxygens (including phenoxy) is 1. The van der Waals surface area contributed by atoms with E-state index in [-0.39, 0.29) is 0 Å². The number of rotatable bonds is 4. The summed E-state index contributed by atoms with van der Waals surface area (Å²) >= 11 is 0. The van der Waals surface area contributed by atoms with Crippen LogP contribution in [0.4, 0.5) is 0 Å². The molecule has 1 aliphatic carbocycles. The summed E-state index contributed by atoms with van der Waals surface area (Å²) in [4.78, 5) is 0. The Kier molecular flexibility index (Phi) is 4.21. The molecule has 2 nitrogen and oxygen atoms in total. The molecule has 0 saturated carbocycles. The minimum Gasteiger partial charge on any atom is -0.378 e. The lowest BCUT2D eigenvalue weighted by Crippen LogP contribution is -2.21. The van der Waals surface area contributed by atoms with Crippen LogP contribution in [0.2, 0.25) is 0 Å². The van der Waals surface area contributed by atoms with Gasteiger partial charge in [0.25, 0.3) is 0 Å². The van der Waals surface area contributed by atoms with Crippen LogP contribution in [0.3, 0.4) is 0 Å². The average Bonchev–Trinajstić information content (AvgIpc) is 2.74. The Morgan fingerprint density at radius 2 is 2.33 bits per heavy atom. The summed E-state index contributed by atoms with van der Waals surface area (Å²) in [5.41, 5.74) is 7.49. The SMILES string of the molecule is NC1CC=C(CCCC2CCCO2)CC1. The molecular weight excluding hydrogens is 186 g/mol. The lowest BCUT2D eigenvalue weighted by atomic mass is 9.92. The van der Waals surface area contributed by atoms with E-state index in [2.05, 4.69) is 6.08 Å². The van der Waals surface area contributed by atoms with Crippen LogP contribution in [0.25, 0.3) is 0 Å². The van der Waals surface area contributed by atoms with Gasteiger partial charge in [-0.25, -0.2) is 0 Å². The molecule has 0 bridgehead atoms. The van der Waals surface area contributed by atoms with E-state index < -0.39 is 0 Å². The monoisotopic (exact) mass is 209 g/mol. The van der Waals surface area contributed by atoms with Crippen molar-refractivity contribution in [1.82, 2.24) is 0 Å². The molecule has 2 aliphatic rings. The Morgan fingerprint density at radius 1 is 1.40 bits per heavy atom.